The van der Waals surface area contributed by atoms with E-state index in [1.165, 1.54) is 5.56 Å². The monoisotopic (exact) mass is 445 g/mol. The molecule has 0 aliphatic carbocycles. The number of nitrogens with zero attached hydrogens (tertiary/aromatic N) is 5. The Bertz CT molecular complexity index is 958. The zero-order valence-electron chi connectivity index (χ0n) is 19.5. The normalized spacial score (nSPS) is 11.4. The largest absolute Gasteiger partial charge is 0.353 e. The number of nitrogens with one attached hydrogen (secondary N) is 2. The average molecular weight is 446 g/mol. The van der Waals surface area contributed by atoms with Crippen molar-refractivity contribution in [1.82, 2.24) is 24.6 Å². The highest BCUT2D eigenvalue weighted by Crippen LogP contribution is 2.25. The number of hydrogen-bond acceptors (Lipinski definition) is 6. The van der Waals surface area contributed by atoms with Crippen LogP contribution in [0.15, 0.2) is 30.5 Å². The van der Waals surface area contributed by atoms with E-state index >= 15 is 0 Å². The summed E-state index contributed by atoms with van der Waals surface area (Å²) in [4.78, 5) is 12.0. The maximum absolute atomic E-state index is 4.75. The molecular weight excluding hydrogens is 410 g/mol. The van der Waals surface area contributed by atoms with Crippen molar-refractivity contribution >= 4 is 40.9 Å². The lowest BCUT2D eigenvalue weighted by molar-refractivity contribution is 0.227. The van der Waals surface area contributed by atoms with Crippen molar-refractivity contribution < 1.29 is 0 Å². The van der Waals surface area contributed by atoms with Crippen molar-refractivity contribution in [2.24, 2.45) is 18.9 Å². The summed E-state index contributed by atoms with van der Waals surface area (Å²) in [6.45, 7) is 15.1. The number of aryl methyl sites for hydroxylation is 2. The molecule has 31 heavy (non-hydrogen) atoms. The third-order valence-electron chi connectivity index (χ3n) is 4.83. The molecule has 2 aromatic heterocycles. The number of anilines is 3. The lowest BCUT2D eigenvalue weighted by Gasteiger charge is -2.26. The summed E-state index contributed by atoms with van der Waals surface area (Å²) in [7, 11) is 1.91. The van der Waals surface area contributed by atoms with Gasteiger partial charge in [-0.2, -0.15) is 15.1 Å². The first-order chi connectivity index (χ1) is 14.3. The molecule has 2 N–H and O–H groups in total. The van der Waals surface area contributed by atoms with Crippen LogP contribution in [0.5, 0.6) is 0 Å². The Labute approximate surface area is 192 Å². The molecule has 0 radical (unpaired) electrons. The summed E-state index contributed by atoms with van der Waals surface area (Å²) >= 11 is 0. The zero-order chi connectivity index (χ0) is 21.7. The number of aromatic nitrogens is 4. The van der Waals surface area contributed by atoms with Gasteiger partial charge in [-0.05, 0) is 36.5 Å². The minimum atomic E-state index is 0. The summed E-state index contributed by atoms with van der Waals surface area (Å²) in [5, 5.41) is 12.1. The van der Waals surface area contributed by atoms with Crippen molar-refractivity contribution in [3.8, 4) is 0 Å². The van der Waals surface area contributed by atoms with Gasteiger partial charge < -0.3 is 15.5 Å². The van der Waals surface area contributed by atoms with E-state index in [0.29, 0.717) is 17.8 Å². The van der Waals surface area contributed by atoms with Crippen molar-refractivity contribution in [2.45, 2.75) is 34.6 Å². The first-order valence-corrected chi connectivity index (χ1v) is 10.8. The topological polar surface area (TPSA) is 70.9 Å². The van der Waals surface area contributed by atoms with Crippen LogP contribution in [0.2, 0.25) is 0 Å². The molecule has 0 fully saturated rings. The van der Waals surface area contributed by atoms with Gasteiger partial charge in [-0.3, -0.25) is 4.68 Å². The molecule has 7 nitrogen and oxygen atoms in total. The number of hydrogen-bond donors (Lipinski definition) is 2. The molecule has 2 heterocycles. The van der Waals surface area contributed by atoms with E-state index in [4.69, 9.17) is 9.97 Å². The molecular formula is C23H36ClN7. The highest BCUT2D eigenvalue weighted by molar-refractivity contribution is 5.89. The highest BCUT2D eigenvalue weighted by atomic mass is 35.5. The molecule has 1 aromatic carbocycles. The Morgan fingerprint density at radius 3 is 2.42 bits per heavy atom. The summed E-state index contributed by atoms with van der Waals surface area (Å²) in [6.07, 6.45) is 1.81. The molecule has 3 rings (SSSR count). The van der Waals surface area contributed by atoms with E-state index in [1.807, 2.05) is 25.4 Å². The second-order valence-electron chi connectivity index (χ2n) is 8.87. The van der Waals surface area contributed by atoms with Gasteiger partial charge in [0.2, 0.25) is 5.95 Å². The van der Waals surface area contributed by atoms with Crippen molar-refractivity contribution in [3.05, 3.63) is 36.0 Å². The molecule has 0 saturated carbocycles. The van der Waals surface area contributed by atoms with E-state index in [-0.39, 0.29) is 12.4 Å². The number of halogens is 1. The second-order valence-corrected chi connectivity index (χ2v) is 8.87. The maximum atomic E-state index is 4.75. The van der Waals surface area contributed by atoms with Crippen LogP contribution in [-0.2, 0) is 7.05 Å². The first kappa shape index (κ1) is 24.9. The van der Waals surface area contributed by atoms with E-state index < -0.39 is 0 Å². The molecule has 0 saturated heterocycles. The molecule has 0 spiro atoms. The maximum Gasteiger partial charge on any atom is 0.226 e. The minimum absolute atomic E-state index is 0. The van der Waals surface area contributed by atoms with Gasteiger partial charge in [0.1, 0.15) is 5.82 Å². The number of rotatable bonds is 10. The first-order valence-electron chi connectivity index (χ1n) is 10.8. The van der Waals surface area contributed by atoms with Gasteiger partial charge in [0, 0.05) is 38.9 Å². The fourth-order valence-electron chi connectivity index (χ4n) is 3.67. The van der Waals surface area contributed by atoms with Gasteiger partial charge in [0.05, 0.1) is 11.6 Å². The molecule has 0 aliphatic rings. The van der Waals surface area contributed by atoms with Crippen molar-refractivity contribution in [2.75, 3.05) is 36.8 Å². The van der Waals surface area contributed by atoms with Crippen LogP contribution in [0.1, 0.15) is 33.3 Å². The van der Waals surface area contributed by atoms with E-state index in [0.717, 1.165) is 48.7 Å². The van der Waals surface area contributed by atoms with E-state index in [9.17, 15) is 0 Å². The smallest absolute Gasteiger partial charge is 0.226 e. The molecule has 8 heteroatoms. The number of fused-ring (bicyclic) bond motifs is 1. The highest BCUT2D eigenvalue weighted by Gasteiger charge is 2.13. The molecule has 0 unspecified atom stereocenters. The quantitative estimate of drug-likeness (QED) is 0.464. The van der Waals surface area contributed by atoms with Gasteiger partial charge >= 0.3 is 0 Å². The Morgan fingerprint density at radius 2 is 1.77 bits per heavy atom. The van der Waals surface area contributed by atoms with Crippen LogP contribution in [0, 0.1) is 18.8 Å². The predicted molar refractivity (Wildman–Crippen MR) is 133 cm³/mol. The van der Waals surface area contributed by atoms with Crippen LogP contribution in [0.4, 0.5) is 17.5 Å². The van der Waals surface area contributed by atoms with Gasteiger partial charge in [0.25, 0.3) is 0 Å². The average Bonchev–Trinajstić information content (AvgIpc) is 3.02. The van der Waals surface area contributed by atoms with Crippen LogP contribution in [0.25, 0.3) is 11.0 Å². The van der Waals surface area contributed by atoms with E-state index in [1.54, 1.807) is 4.68 Å². The lowest BCUT2D eigenvalue weighted by atomic mass is 10.1. The Balaban J connectivity index is 0.00000341. The molecule has 0 bridgehead atoms. The van der Waals surface area contributed by atoms with Gasteiger partial charge in [-0.1, -0.05) is 39.8 Å². The van der Waals surface area contributed by atoms with Gasteiger partial charge in [-0.15, -0.1) is 12.4 Å². The Kier molecular flexibility index (Phi) is 9.07. The summed E-state index contributed by atoms with van der Waals surface area (Å²) in [5.41, 5.74) is 3.01. The minimum Gasteiger partial charge on any atom is -0.353 e. The molecule has 0 atom stereocenters. The SMILES string of the molecule is Cc1cccc(Nc2nc(NCCN(CC(C)C)CC(C)C)nc3c2cnn3C)c1.Cl. The summed E-state index contributed by atoms with van der Waals surface area (Å²) < 4.78 is 1.79. The van der Waals surface area contributed by atoms with Crippen LogP contribution < -0.4 is 10.6 Å². The second kappa shape index (κ2) is 11.3. The van der Waals surface area contributed by atoms with Crippen molar-refractivity contribution in [3.63, 3.8) is 0 Å². The fourth-order valence-corrected chi connectivity index (χ4v) is 3.67. The molecule has 0 aliphatic heterocycles. The third-order valence-corrected chi connectivity index (χ3v) is 4.83. The van der Waals surface area contributed by atoms with Crippen LogP contribution >= 0.6 is 12.4 Å². The molecule has 3 aromatic rings. The zero-order valence-corrected chi connectivity index (χ0v) is 20.3. The molecule has 0 amide bonds. The van der Waals surface area contributed by atoms with Gasteiger partial charge in [-0.25, -0.2) is 0 Å². The lowest BCUT2D eigenvalue weighted by Crippen LogP contribution is -2.35. The Morgan fingerprint density at radius 1 is 1.06 bits per heavy atom. The fraction of sp³-hybridized carbons (Fsp3) is 0.522. The van der Waals surface area contributed by atoms with E-state index in [2.05, 4.69) is 67.4 Å². The predicted octanol–water partition coefficient (Wildman–Crippen LogP) is 4.86. The van der Waals surface area contributed by atoms with Gasteiger partial charge in [0.15, 0.2) is 5.65 Å². The van der Waals surface area contributed by atoms with Crippen LogP contribution in [-0.4, -0.2) is 50.8 Å². The number of benzene rings is 1. The Hall–Kier alpha value is -2.38. The van der Waals surface area contributed by atoms with Crippen LogP contribution in [0.3, 0.4) is 0 Å². The summed E-state index contributed by atoms with van der Waals surface area (Å²) in [6, 6.07) is 8.27. The molecule has 170 valence electrons. The standard InChI is InChI=1S/C23H35N7.ClH/c1-16(2)14-30(15-17(3)4)11-10-24-23-27-21(20-13-25-29(6)22(20)28-23)26-19-9-7-8-18(5)12-19;/h7-9,12-13,16-17H,10-11,14-15H2,1-6H3,(H2,24,26,27,28);1H. The third kappa shape index (κ3) is 7.08. The van der Waals surface area contributed by atoms with Crippen molar-refractivity contribution in [1.29, 1.82) is 0 Å². The summed E-state index contributed by atoms with van der Waals surface area (Å²) in [5.74, 6) is 2.68.